The van der Waals surface area contributed by atoms with Crippen molar-refractivity contribution >= 4 is 5.97 Å². The monoisotopic (exact) mass is 262 g/mol. The quantitative estimate of drug-likeness (QED) is 0.769. The first-order valence-corrected chi connectivity index (χ1v) is 5.74. The lowest BCUT2D eigenvalue weighted by Gasteiger charge is -2.36. The minimum Gasteiger partial charge on any atom is -0.430 e. The van der Waals surface area contributed by atoms with E-state index in [9.17, 15) is 18.0 Å². The number of hydrogen-bond acceptors (Lipinski definition) is 3. The Morgan fingerprint density at radius 1 is 1.28 bits per heavy atom. The smallest absolute Gasteiger partial charge is 0.430 e. The molecule has 0 bridgehead atoms. The maximum absolute atomic E-state index is 12.3. The van der Waals surface area contributed by atoms with Crippen molar-refractivity contribution in [3.8, 4) is 0 Å². The zero-order valence-electron chi connectivity index (χ0n) is 9.61. The number of esters is 1. The lowest BCUT2D eigenvalue weighted by molar-refractivity contribution is -0.229. The zero-order chi connectivity index (χ0) is 13.2. The Bertz CT molecular complexity index is 408. The lowest BCUT2D eigenvalue weighted by atomic mass is 9.91. The highest BCUT2D eigenvalue weighted by molar-refractivity contribution is 5.75. The number of nitrogens with zero attached hydrogens (tertiary/aromatic N) is 2. The van der Waals surface area contributed by atoms with Crippen LogP contribution in [0, 0.1) is 0 Å². The minimum atomic E-state index is -4.97. The van der Waals surface area contributed by atoms with Crippen molar-refractivity contribution in [3.63, 3.8) is 0 Å². The van der Waals surface area contributed by atoms with Gasteiger partial charge >= 0.3 is 12.1 Å². The molecule has 18 heavy (non-hydrogen) atoms. The van der Waals surface area contributed by atoms with E-state index in [1.165, 1.54) is 17.1 Å². The molecule has 0 amide bonds. The van der Waals surface area contributed by atoms with Crippen LogP contribution in [0.4, 0.5) is 13.2 Å². The Hall–Kier alpha value is -1.53. The molecule has 1 saturated carbocycles. The van der Waals surface area contributed by atoms with E-state index in [0.29, 0.717) is 25.7 Å². The Kier molecular flexibility index (Phi) is 3.32. The molecule has 1 aliphatic carbocycles. The van der Waals surface area contributed by atoms with Crippen LogP contribution in [-0.4, -0.2) is 21.9 Å². The maximum Gasteiger partial charge on any atom is 0.491 e. The Morgan fingerprint density at radius 3 is 2.44 bits per heavy atom. The standard InChI is InChI=1S/C11H13F3N2O2/c12-11(13,14)9(17)18-10(5-2-1-3-6-10)16-8-4-7-15-16/h4,7-8H,1-3,5-6H2. The second-order valence-electron chi connectivity index (χ2n) is 4.34. The number of carbonyl (C=O) groups is 1. The average Bonchev–Trinajstić information content (AvgIpc) is 2.83. The summed E-state index contributed by atoms with van der Waals surface area (Å²) in [6, 6.07) is 1.60. The molecule has 0 radical (unpaired) electrons. The molecule has 4 nitrogen and oxygen atoms in total. The molecule has 0 N–H and O–H groups in total. The van der Waals surface area contributed by atoms with E-state index in [1.54, 1.807) is 6.07 Å². The van der Waals surface area contributed by atoms with Crippen molar-refractivity contribution in [1.82, 2.24) is 9.78 Å². The van der Waals surface area contributed by atoms with E-state index >= 15 is 0 Å². The van der Waals surface area contributed by atoms with Crippen molar-refractivity contribution < 1.29 is 22.7 Å². The van der Waals surface area contributed by atoms with Crippen LogP contribution in [0.5, 0.6) is 0 Å². The third-order valence-electron chi connectivity index (χ3n) is 3.07. The summed E-state index contributed by atoms with van der Waals surface area (Å²) in [5.74, 6) is -2.15. The Balaban J connectivity index is 2.23. The highest BCUT2D eigenvalue weighted by Crippen LogP contribution is 2.37. The molecule has 0 atom stereocenters. The molecular weight excluding hydrogens is 249 g/mol. The van der Waals surface area contributed by atoms with Crippen LogP contribution in [0.1, 0.15) is 32.1 Å². The molecule has 1 fully saturated rings. The van der Waals surface area contributed by atoms with E-state index in [-0.39, 0.29) is 0 Å². The Labute approximate surface area is 102 Å². The molecule has 1 heterocycles. The van der Waals surface area contributed by atoms with Gasteiger partial charge in [-0.05, 0) is 18.9 Å². The van der Waals surface area contributed by atoms with E-state index in [2.05, 4.69) is 5.10 Å². The van der Waals surface area contributed by atoms with Crippen LogP contribution in [0.15, 0.2) is 18.5 Å². The normalized spacial score (nSPS) is 19.5. The summed E-state index contributed by atoms with van der Waals surface area (Å²) in [6.07, 6.45) is 1.07. The molecule has 0 aromatic carbocycles. The number of alkyl halides is 3. The lowest BCUT2D eigenvalue weighted by Crippen LogP contribution is -2.44. The molecule has 1 aromatic heterocycles. The fourth-order valence-electron chi connectivity index (χ4n) is 2.22. The van der Waals surface area contributed by atoms with Crippen molar-refractivity contribution in [3.05, 3.63) is 18.5 Å². The van der Waals surface area contributed by atoms with Crippen molar-refractivity contribution in [2.45, 2.75) is 44.0 Å². The van der Waals surface area contributed by atoms with Crippen LogP contribution in [0.3, 0.4) is 0 Å². The topological polar surface area (TPSA) is 44.1 Å². The Morgan fingerprint density at radius 2 is 1.94 bits per heavy atom. The highest BCUT2D eigenvalue weighted by atomic mass is 19.4. The number of ether oxygens (including phenoxy) is 1. The summed E-state index contributed by atoms with van der Waals surface area (Å²) in [5.41, 5.74) is -1.28. The van der Waals surface area contributed by atoms with Gasteiger partial charge in [0, 0.05) is 25.2 Å². The van der Waals surface area contributed by atoms with E-state index in [1.807, 2.05) is 0 Å². The summed E-state index contributed by atoms with van der Waals surface area (Å²) >= 11 is 0. The van der Waals surface area contributed by atoms with Gasteiger partial charge in [-0.3, -0.25) is 0 Å². The molecule has 0 saturated heterocycles. The van der Waals surface area contributed by atoms with Gasteiger partial charge in [0.25, 0.3) is 0 Å². The second kappa shape index (κ2) is 4.62. The fourth-order valence-corrected chi connectivity index (χ4v) is 2.22. The number of hydrogen-bond donors (Lipinski definition) is 0. The summed E-state index contributed by atoms with van der Waals surface area (Å²) in [6.45, 7) is 0. The van der Waals surface area contributed by atoms with Crippen LogP contribution >= 0.6 is 0 Å². The van der Waals surface area contributed by atoms with Gasteiger partial charge in [0.1, 0.15) is 0 Å². The minimum absolute atomic E-state index is 0.358. The number of carbonyl (C=O) groups excluding carboxylic acids is 1. The average molecular weight is 262 g/mol. The molecule has 1 aliphatic rings. The van der Waals surface area contributed by atoms with Crippen molar-refractivity contribution in [2.24, 2.45) is 0 Å². The third kappa shape index (κ3) is 2.49. The number of aromatic nitrogens is 2. The molecule has 0 aliphatic heterocycles. The molecular formula is C11H13F3N2O2. The molecule has 0 spiro atoms. The predicted molar refractivity (Wildman–Crippen MR) is 55.4 cm³/mol. The highest BCUT2D eigenvalue weighted by Gasteiger charge is 2.48. The molecule has 7 heteroatoms. The van der Waals surface area contributed by atoms with E-state index in [4.69, 9.17) is 4.74 Å². The van der Waals surface area contributed by atoms with Crippen LogP contribution in [0.25, 0.3) is 0 Å². The van der Waals surface area contributed by atoms with Gasteiger partial charge in [0.2, 0.25) is 5.72 Å². The van der Waals surface area contributed by atoms with Crippen LogP contribution < -0.4 is 0 Å². The van der Waals surface area contributed by atoms with Crippen molar-refractivity contribution in [1.29, 1.82) is 0 Å². The molecule has 0 unspecified atom stereocenters. The predicted octanol–water partition coefficient (Wildman–Crippen LogP) is 2.61. The largest absolute Gasteiger partial charge is 0.491 e. The first kappa shape index (κ1) is 12.9. The summed E-state index contributed by atoms with van der Waals surface area (Å²) < 4.78 is 43.0. The number of halogens is 3. The van der Waals surface area contributed by atoms with Gasteiger partial charge < -0.3 is 4.74 Å². The molecule has 1 aromatic rings. The first-order valence-electron chi connectivity index (χ1n) is 5.74. The zero-order valence-corrected chi connectivity index (χ0v) is 9.61. The maximum atomic E-state index is 12.3. The van der Waals surface area contributed by atoms with Gasteiger partial charge in [-0.2, -0.15) is 18.3 Å². The van der Waals surface area contributed by atoms with E-state index < -0.39 is 17.9 Å². The van der Waals surface area contributed by atoms with Gasteiger partial charge in [-0.1, -0.05) is 6.42 Å². The van der Waals surface area contributed by atoms with Gasteiger partial charge in [-0.25, -0.2) is 9.48 Å². The van der Waals surface area contributed by atoms with Gasteiger partial charge in [0.05, 0.1) is 0 Å². The van der Waals surface area contributed by atoms with Crippen LogP contribution in [0.2, 0.25) is 0 Å². The SMILES string of the molecule is O=C(OC1(n2cccn2)CCCCC1)C(F)(F)F. The van der Waals surface area contributed by atoms with E-state index in [0.717, 1.165) is 6.42 Å². The fraction of sp³-hybridized carbons (Fsp3) is 0.636. The second-order valence-corrected chi connectivity index (χ2v) is 4.34. The molecule has 100 valence electrons. The van der Waals surface area contributed by atoms with Crippen molar-refractivity contribution in [2.75, 3.05) is 0 Å². The summed E-state index contributed by atoms with van der Waals surface area (Å²) in [5, 5.41) is 3.92. The van der Waals surface area contributed by atoms with Crippen LogP contribution in [-0.2, 0) is 15.3 Å². The summed E-state index contributed by atoms with van der Waals surface area (Å²) in [7, 11) is 0. The summed E-state index contributed by atoms with van der Waals surface area (Å²) in [4.78, 5) is 11.0. The first-order chi connectivity index (χ1) is 8.44. The number of rotatable bonds is 2. The third-order valence-corrected chi connectivity index (χ3v) is 3.07. The van der Waals surface area contributed by atoms with Gasteiger partial charge in [-0.15, -0.1) is 0 Å². The molecule has 2 rings (SSSR count). The van der Waals surface area contributed by atoms with Gasteiger partial charge in [0.15, 0.2) is 0 Å².